The fraction of sp³-hybridized carbons (Fsp3) is 0.789. The van der Waals surface area contributed by atoms with Crippen molar-refractivity contribution in [3.8, 4) is 0 Å². The summed E-state index contributed by atoms with van der Waals surface area (Å²) >= 11 is 1.93. The number of ether oxygens (including phenoxy) is 1. The van der Waals surface area contributed by atoms with Gasteiger partial charge in [-0.05, 0) is 39.0 Å². The molecule has 7 heteroatoms. The van der Waals surface area contributed by atoms with Crippen LogP contribution >= 0.6 is 11.3 Å². The fourth-order valence-electron chi connectivity index (χ4n) is 3.43. The number of guanidine groups is 1. The second kappa shape index (κ2) is 10.8. The van der Waals surface area contributed by atoms with E-state index in [-0.39, 0.29) is 0 Å². The second-order valence-corrected chi connectivity index (χ2v) is 8.10. The lowest BCUT2D eigenvalue weighted by molar-refractivity contribution is 0.0389. The smallest absolute Gasteiger partial charge is 0.191 e. The van der Waals surface area contributed by atoms with Gasteiger partial charge in [0.15, 0.2) is 5.96 Å². The highest BCUT2D eigenvalue weighted by Gasteiger charge is 2.14. The summed E-state index contributed by atoms with van der Waals surface area (Å²) in [5, 5.41) is 8.09. The van der Waals surface area contributed by atoms with E-state index in [2.05, 4.69) is 22.5 Å². The minimum atomic E-state index is 0.844. The maximum atomic E-state index is 5.39. The number of aryl methyl sites for hydroxylation is 3. The number of aromatic nitrogens is 1. The average molecular weight is 380 g/mol. The van der Waals surface area contributed by atoms with Crippen LogP contribution in [0.3, 0.4) is 0 Å². The van der Waals surface area contributed by atoms with Crippen LogP contribution in [-0.4, -0.2) is 68.3 Å². The van der Waals surface area contributed by atoms with Crippen molar-refractivity contribution in [2.45, 2.75) is 45.4 Å². The van der Waals surface area contributed by atoms with Crippen LogP contribution in [0, 0.1) is 0 Å². The van der Waals surface area contributed by atoms with Gasteiger partial charge in [-0.1, -0.05) is 0 Å². The normalized spacial score (nSPS) is 18.6. The summed E-state index contributed by atoms with van der Waals surface area (Å²) in [6.45, 7) is 9.59. The Balaban J connectivity index is 1.37. The number of hydrogen-bond acceptors (Lipinski definition) is 5. The first-order valence-electron chi connectivity index (χ1n) is 10.1. The Labute approximate surface area is 161 Å². The van der Waals surface area contributed by atoms with Crippen molar-refractivity contribution in [2.24, 2.45) is 4.99 Å². The van der Waals surface area contributed by atoms with E-state index in [0.717, 1.165) is 71.3 Å². The Morgan fingerprint density at radius 1 is 1.23 bits per heavy atom. The number of rotatable bonds is 8. The van der Waals surface area contributed by atoms with Crippen molar-refractivity contribution >= 4 is 17.3 Å². The number of hydrogen-bond donors (Lipinski definition) is 2. The molecule has 6 nitrogen and oxygen atoms in total. The number of nitrogens with zero attached hydrogens (tertiary/aromatic N) is 3. The fourth-order valence-corrected chi connectivity index (χ4v) is 4.63. The molecule has 0 bridgehead atoms. The van der Waals surface area contributed by atoms with Crippen LogP contribution < -0.4 is 10.6 Å². The molecule has 1 aromatic rings. The molecular formula is C19H33N5OS. The first kappa shape index (κ1) is 19.6. The van der Waals surface area contributed by atoms with Crippen LogP contribution in [0.2, 0.25) is 0 Å². The molecule has 2 heterocycles. The molecule has 0 unspecified atom stereocenters. The van der Waals surface area contributed by atoms with Gasteiger partial charge in [0.25, 0.3) is 0 Å². The van der Waals surface area contributed by atoms with E-state index in [1.165, 1.54) is 41.3 Å². The summed E-state index contributed by atoms with van der Waals surface area (Å²) < 4.78 is 5.39. The third-order valence-electron chi connectivity index (χ3n) is 4.88. The van der Waals surface area contributed by atoms with Crippen molar-refractivity contribution in [2.75, 3.05) is 52.5 Å². The molecule has 0 radical (unpaired) electrons. The van der Waals surface area contributed by atoms with E-state index < -0.39 is 0 Å². The first-order chi connectivity index (χ1) is 12.8. The molecule has 0 amide bonds. The number of fused-ring (bicyclic) bond motifs is 1. The summed E-state index contributed by atoms with van der Waals surface area (Å²) in [4.78, 5) is 13.5. The van der Waals surface area contributed by atoms with Gasteiger partial charge in [-0.3, -0.25) is 9.89 Å². The van der Waals surface area contributed by atoms with Gasteiger partial charge in [0.1, 0.15) is 0 Å². The van der Waals surface area contributed by atoms with Crippen molar-refractivity contribution in [3.05, 3.63) is 15.6 Å². The van der Waals surface area contributed by atoms with E-state index in [4.69, 9.17) is 14.7 Å². The topological polar surface area (TPSA) is 61.8 Å². The van der Waals surface area contributed by atoms with Crippen LogP contribution in [0.1, 0.15) is 41.8 Å². The van der Waals surface area contributed by atoms with Crippen molar-refractivity contribution in [1.29, 1.82) is 0 Å². The van der Waals surface area contributed by atoms with Gasteiger partial charge in [-0.15, -0.1) is 11.3 Å². The van der Waals surface area contributed by atoms with E-state index in [9.17, 15) is 0 Å². The van der Waals surface area contributed by atoms with Crippen molar-refractivity contribution in [1.82, 2.24) is 20.5 Å². The van der Waals surface area contributed by atoms with E-state index in [1.54, 1.807) is 0 Å². The molecule has 0 saturated carbocycles. The maximum absolute atomic E-state index is 5.39. The predicted octanol–water partition coefficient (Wildman–Crippen LogP) is 1.84. The molecule has 3 rings (SSSR count). The van der Waals surface area contributed by atoms with E-state index in [0.29, 0.717) is 0 Å². The summed E-state index contributed by atoms with van der Waals surface area (Å²) in [6, 6.07) is 0. The SMILES string of the molecule is CCNC(=NCCCc1nc2c(s1)CCCC2)NCCN1CCOCC1. The molecule has 0 atom stereocenters. The lowest BCUT2D eigenvalue weighted by Crippen LogP contribution is -2.44. The zero-order valence-corrected chi connectivity index (χ0v) is 16.9. The summed E-state index contributed by atoms with van der Waals surface area (Å²) in [7, 11) is 0. The Kier molecular flexibility index (Phi) is 8.17. The van der Waals surface area contributed by atoms with Gasteiger partial charge in [-0.25, -0.2) is 4.98 Å². The number of thiazole rings is 1. The molecule has 0 aromatic carbocycles. The number of aliphatic imine (C=N–C) groups is 1. The monoisotopic (exact) mass is 379 g/mol. The van der Waals surface area contributed by atoms with E-state index in [1.807, 2.05) is 11.3 Å². The minimum absolute atomic E-state index is 0.844. The Hall–Kier alpha value is -1.18. The lowest BCUT2D eigenvalue weighted by Gasteiger charge is -2.26. The van der Waals surface area contributed by atoms with Gasteiger partial charge >= 0.3 is 0 Å². The Bertz CT molecular complexity index is 545. The zero-order valence-electron chi connectivity index (χ0n) is 16.1. The van der Waals surface area contributed by atoms with Crippen LogP contribution in [0.15, 0.2) is 4.99 Å². The Morgan fingerprint density at radius 2 is 2.08 bits per heavy atom. The molecule has 1 saturated heterocycles. The molecule has 1 aliphatic heterocycles. The van der Waals surface area contributed by atoms with Crippen LogP contribution in [-0.2, 0) is 24.0 Å². The first-order valence-corrected chi connectivity index (χ1v) is 11.0. The average Bonchev–Trinajstić information content (AvgIpc) is 3.09. The molecule has 2 aliphatic rings. The highest BCUT2D eigenvalue weighted by Crippen LogP contribution is 2.27. The molecule has 146 valence electrons. The maximum Gasteiger partial charge on any atom is 0.191 e. The van der Waals surface area contributed by atoms with Gasteiger partial charge in [0.05, 0.1) is 23.9 Å². The van der Waals surface area contributed by atoms with Crippen LogP contribution in [0.5, 0.6) is 0 Å². The highest BCUT2D eigenvalue weighted by molar-refractivity contribution is 7.11. The summed E-state index contributed by atoms with van der Waals surface area (Å²) in [6.07, 6.45) is 7.18. The molecule has 0 spiro atoms. The van der Waals surface area contributed by atoms with Crippen LogP contribution in [0.4, 0.5) is 0 Å². The predicted molar refractivity (Wildman–Crippen MR) is 108 cm³/mol. The zero-order chi connectivity index (χ0) is 18.0. The molecular weight excluding hydrogens is 346 g/mol. The standard InChI is InChI=1S/C19H33N5OS/c1-2-20-19(22-10-11-24-12-14-25-15-13-24)21-9-5-8-18-23-16-6-3-4-7-17(16)26-18/h2-15H2,1H3,(H2,20,21,22). The quantitative estimate of drug-likeness (QED) is 0.410. The van der Waals surface area contributed by atoms with Crippen molar-refractivity contribution in [3.63, 3.8) is 0 Å². The third-order valence-corrected chi connectivity index (χ3v) is 6.09. The third kappa shape index (κ3) is 6.21. The number of morpholine rings is 1. The van der Waals surface area contributed by atoms with Crippen LogP contribution in [0.25, 0.3) is 0 Å². The lowest BCUT2D eigenvalue weighted by atomic mass is 10.0. The highest BCUT2D eigenvalue weighted by atomic mass is 32.1. The van der Waals surface area contributed by atoms with Gasteiger partial charge in [0.2, 0.25) is 0 Å². The second-order valence-electron chi connectivity index (χ2n) is 6.93. The molecule has 1 aliphatic carbocycles. The summed E-state index contributed by atoms with van der Waals surface area (Å²) in [5.41, 5.74) is 1.37. The Morgan fingerprint density at radius 3 is 2.88 bits per heavy atom. The van der Waals surface area contributed by atoms with Gasteiger partial charge < -0.3 is 15.4 Å². The van der Waals surface area contributed by atoms with Gasteiger partial charge in [0, 0.05) is 50.6 Å². The summed E-state index contributed by atoms with van der Waals surface area (Å²) in [5.74, 6) is 0.930. The molecule has 26 heavy (non-hydrogen) atoms. The van der Waals surface area contributed by atoms with E-state index >= 15 is 0 Å². The minimum Gasteiger partial charge on any atom is -0.379 e. The largest absolute Gasteiger partial charge is 0.379 e. The van der Waals surface area contributed by atoms with Gasteiger partial charge in [-0.2, -0.15) is 0 Å². The molecule has 1 aromatic heterocycles. The van der Waals surface area contributed by atoms with Crippen molar-refractivity contribution < 1.29 is 4.74 Å². The molecule has 2 N–H and O–H groups in total. The molecule has 1 fully saturated rings. The number of nitrogens with one attached hydrogen (secondary N) is 2.